The summed E-state index contributed by atoms with van der Waals surface area (Å²) in [6, 6.07) is 5.78. The van der Waals surface area contributed by atoms with Crippen LogP contribution in [0.15, 0.2) is 36.7 Å². The maximum absolute atomic E-state index is 13.3. The third kappa shape index (κ3) is 4.42. The lowest BCUT2D eigenvalue weighted by Crippen LogP contribution is -2.51. The second-order valence-corrected chi connectivity index (χ2v) is 5.52. The van der Waals surface area contributed by atoms with Crippen LogP contribution in [0.25, 0.3) is 0 Å². The molecule has 1 amide bonds. The van der Waals surface area contributed by atoms with Crippen molar-refractivity contribution in [3.05, 3.63) is 48.0 Å². The average Bonchev–Trinajstić information content (AvgIpc) is 2.63. The second-order valence-electron chi connectivity index (χ2n) is 5.52. The standard InChI is InChI=1S/C17H18FN3O4/c1-23-17-19-8-11(9-20-17)16(22)21-14-5-6-24-10-15(14)25-13-4-2-3-12(18)7-13/h2-4,7-9,14-15H,5-6,10H2,1H3,(H,21,22)/t14-,15-/m1/s1. The minimum Gasteiger partial charge on any atom is -0.486 e. The van der Waals surface area contributed by atoms with Crippen LogP contribution in [0.1, 0.15) is 16.8 Å². The Hall–Kier alpha value is -2.74. The molecule has 0 saturated carbocycles. The van der Waals surface area contributed by atoms with Crippen LogP contribution < -0.4 is 14.8 Å². The minimum atomic E-state index is -0.418. The summed E-state index contributed by atoms with van der Waals surface area (Å²) in [5.74, 6) is -0.310. The maximum atomic E-state index is 13.3. The molecule has 1 aromatic heterocycles. The molecule has 3 rings (SSSR count). The number of nitrogens with one attached hydrogen (secondary N) is 1. The average molecular weight is 347 g/mol. The van der Waals surface area contributed by atoms with E-state index in [1.165, 1.54) is 31.6 Å². The van der Waals surface area contributed by atoms with E-state index in [0.717, 1.165) is 0 Å². The van der Waals surface area contributed by atoms with Crippen molar-refractivity contribution in [2.24, 2.45) is 0 Å². The summed E-state index contributed by atoms with van der Waals surface area (Å²) in [4.78, 5) is 20.2. The lowest BCUT2D eigenvalue weighted by Gasteiger charge is -2.32. The zero-order valence-corrected chi connectivity index (χ0v) is 13.6. The third-order valence-electron chi connectivity index (χ3n) is 3.78. The van der Waals surface area contributed by atoms with Crippen LogP contribution in [-0.4, -0.2) is 48.3 Å². The molecule has 8 heteroatoms. The van der Waals surface area contributed by atoms with Gasteiger partial charge in [-0.05, 0) is 18.6 Å². The Bertz CT molecular complexity index is 726. The SMILES string of the molecule is COc1ncc(C(=O)N[C@@H]2CCOC[C@H]2Oc2cccc(F)c2)cn1. The van der Waals surface area contributed by atoms with E-state index in [1.807, 2.05) is 0 Å². The molecule has 0 unspecified atom stereocenters. The van der Waals surface area contributed by atoms with E-state index >= 15 is 0 Å². The molecule has 2 atom stereocenters. The molecule has 1 saturated heterocycles. The Morgan fingerprint density at radius 2 is 2.16 bits per heavy atom. The molecule has 0 aliphatic carbocycles. The number of methoxy groups -OCH3 is 1. The lowest BCUT2D eigenvalue weighted by molar-refractivity contribution is -0.0136. The summed E-state index contributed by atoms with van der Waals surface area (Å²) in [7, 11) is 1.45. The van der Waals surface area contributed by atoms with Crippen LogP contribution in [-0.2, 0) is 4.74 Å². The first-order valence-electron chi connectivity index (χ1n) is 7.82. The fourth-order valence-corrected chi connectivity index (χ4v) is 2.50. The van der Waals surface area contributed by atoms with Gasteiger partial charge >= 0.3 is 6.01 Å². The van der Waals surface area contributed by atoms with Crippen molar-refractivity contribution in [2.75, 3.05) is 20.3 Å². The Balaban J connectivity index is 1.66. The molecule has 1 fully saturated rings. The molecule has 7 nitrogen and oxygen atoms in total. The van der Waals surface area contributed by atoms with E-state index in [9.17, 15) is 9.18 Å². The van der Waals surface area contributed by atoms with Gasteiger partial charge in [0.05, 0.1) is 25.3 Å². The van der Waals surface area contributed by atoms with E-state index < -0.39 is 6.10 Å². The van der Waals surface area contributed by atoms with Crippen molar-refractivity contribution < 1.29 is 23.4 Å². The van der Waals surface area contributed by atoms with Gasteiger partial charge in [-0.15, -0.1) is 0 Å². The second kappa shape index (κ2) is 7.89. The third-order valence-corrected chi connectivity index (χ3v) is 3.78. The van der Waals surface area contributed by atoms with Gasteiger partial charge in [0, 0.05) is 25.1 Å². The molecule has 1 aliphatic heterocycles. The molecule has 1 aromatic carbocycles. The van der Waals surface area contributed by atoms with Crippen LogP contribution in [0.2, 0.25) is 0 Å². The monoisotopic (exact) mass is 347 g/mol. The van der Waals surface area contributed by atoms with Gasteiger partial charge < -0.3 is 19.5 Å². The molecular formula is C17H18FN3O4. The van der Waals surface area contributed by atoms with Gasteiger partial charge in [0.2, 0.25) is 0 Å². The van der Waals surface area contributed by atoms with E-state index in [4.69, 9.17) is 14.2 Å². The van der Waals surface area contributed by atoms with Gasteiger partial charge in [0.25, 0.3) is 5.91 Å². The van der Waals surface area contributed by atoms with Gasteiger partial charge in [0.15, 0.2) is 0 Å². The first-order valence-corrected chi connectivity index (χ1v) is 7.82. The molecule has 2 aromatic rings. The van der Waals surface area contributed by atoms with E-state index in [-0.39, 0.29) is 23.8 Å². The van der Waals surface area contributed by atoms with E-state index in [2.05, 4.69) is 15.3 Å². The number of rotatable bonds is 5. The van der Waals surface area contributed by atoms with Gasteiger partial charge in [-0.1, -0.05) is 6.07 Å². The number of halogens is 1. The number of ether oxygens (including phenoxy) is 3. The highest BCUT2D eigenvalue weighted by molar-refractivity contribution is 5.93. The Labute approximate surface area is 144 Å². The van der Waals surface area contributed by atoms with Crippen LogP contribution in [0.4, 0.5) is 4.39 Å². The molecule has 0 bridgehead atoms. The van der Waals surface area contributed by atoms with Crippen molar-refractivity contribution in [1.29, 1.82) is 0 Å². The highest BCUT2D eigenvalue weighted by Gasteiger charge is 2.29. The number of carbonyl (C=O) groups is 1. The Morgan fingerprint density at radius 1 is 1.36 bits per heavy atom. The smallest absolute Gasteiger partial charge is 0.316 e. The van der Waals surface area contributed by atoms with Crippen molar-refractivity contribution >= 4 is 5.91 Å². The zero-order valence-electron chi connectivity index (χ0n) is 13.6. The van der Waals surface area contributed by atoms with Gasteiger partial charge in [-0.2, -0.15) is 0 Å². The predicted octanol–water partition coefficient (Wildman–Crippen LogP) is 1.59. The summed E-state index contributed by atoms with van der Waals surface area (Å²) in [6.07, 6.45) is 2.95. The molecule has 2 heterocycles. The number of benzene rings is 1. The maximum Gasteiger partial charge on any atom is 0.316 e. The number of amides is 1. The van der Waals surface area contributed by atoms with E-state index in [1.54, 1.807) is 12.1 Å². The van der Waals surface area contributed by atoms with Crippen LogP contribution in [0.3, 0.4) is 0 Å². The van der Waals surface area contributed by atoms with Crippen molar-refractivity contribution in [3.63, 3.8) is 0 Å². The van der Waals surface area contributed by atoms with Gasteiger partial charge in [0.1, 0.15) is 17.7 Å². The van der Waals surface area contributed by atoms with Gasteiger partial charge in [-0.25, -0.2) is 14.4 Å². The van der Waals surface area contributed by atoms with Crippen LogP contribution >= 0.6 is 0 Å². The van der Waals surface area contributed by atoms with E-state index in [0.29, 0.717) is 30.9 Å². The summed E-state index contributed by atoms with van der Waals surface area (Å²) in [5, 5.41) is 2.90. The topological polar surface area (TPSA) is 82.6 Å². The summed E-state index contributed by atoms with van der Waals surface area (Å²) < 4.78 is 29.4. The molecular weight excluding hydrogens is 329 g/mol. The first kappa shape index (κ1) is 17.1. The van der Waals surface area contributed by atoms with Crippen molar-refractivity contribution in [3.8, 4) is 11.8 Å². The molecule has 0 spiro atoms. The molecule has 1 N–H and O–H groups in total. The molecule has 0 radical (unpaired) electrons. The summed E-state index contributed by atoms with van der Waals surface area (Å²) in [6.45, 7) is 0.813. The largest absolute Gasteiger partial charge is 0.486 e. The molecule has 25 heavy (non-hydrogen) atoms. The normalized spacial score (nSPS) is 19.9. The summed E-state index contributed by atoms with van der Waals surface area (Å²) >= 11 is 0. The Kier molecular flexibility index (Phi) is 5.39. The minimum absolute atomic E-state index is 0.190. The van der Waals surface area contributed by atoms with Crippen molar-refractivity contribution in [2.45, 2.75) is 18.6 Å². The fourth-order valence-electron chi connectivity index (χ4n) is 2.50. The molecule has 132 valence electrons. The van der Waals surface area contributed by atoms with Crippen LogP contribution in [0.5, 0.6) is 11.8 Å². The van der Waals surface area contributed by atoms with Crippen LogP contribution in [0, 0.1) is 5.82 Å². The summed E-state index contributed by atoms with van der Waals surface area (Å²) in [5.41, 5.74) is 0.316. The quantitative estimate of drug-likeness (QED) is 0.884. The number of aromatic nitrogens is 2. The molecule has 1 aliphatic rings. The van der Waals surface area contributed by atoms with Crippen molar-refractivity contribution in [1.82, 2.24) is 15.3 Å². The number of nitrogens with zero attached hydrogens (tertiary/aromatic N) is 2. The highest BCUT2D eigenvalue weighted by Crippen LogP contribution is 2.19. The number of hydrogen-bond donors (Lipinski definition) is 1. The number of carbonyl (C=O) groups excluding carboxylic acids is 1. The van der Waals surface area contributed by atoms with Gasteiger partial charge in [-0.3, -0.25) is 4.79 Å². The zero-order chi connectivity index (χ0) is 17.6. The number of hydrogen-bond acceptors (Lipinski definition) is 6. The predicted molar refractivity (Wildman–Crippen MR) is 86.1 cm³/mol. The first-order chi connectivity index (χ1) is 12.2. The Morgan fingerprint density at radius 3 is 2.88 bits per heavy atom. The lowest BCUT2D eigenvalue weighted by atomic mass is 10.1. The highest BCUT2D eigenvalue weighted by atomic mass is 19.1. The fraction of sp³-hybridized carbons (Fsp3) is 0.353.